The van der Waals surface area contributed by atoms with E-state index in [2.05, 4.69) is 187 Å². The second-order valence-electron chi connectivity index (χ2n) is 12.8. The summed E-state index contributed by atoms with van der Waals surface area (Å²) in [6.45, 7) is 0. The summed E-state index contributed by atoms with van der Waals surface area (Å²) in [6.07, 6.45) is 0. The first kappa shape index (κ1) is 27.7. The molecule has 0 radical (unpaired) electrons. The van der Waals surface area contributed by atoms with Crippen molar-refractivity contribution in [3.8, 4) is 11.1 Å². The fourth-order valence-corrected chi connectivity index (χ4v) is 8.30. The third-order valence-corrected chi connectivity index (χ3v) is 10.3. The Morgan fingerprint density at radius 2 is 1.04 bits per heavy atom. The van der Waals surface area contributed by atoms with Crippen molar-refractivity contribution in [2.45, 2.75) is 5.41 Å². The molecule has 8 aromatic carbocycles. The molecule has 0 spiro atoms. The van der Waals surface area contributed by atoms with Crippen LogP contribution < -0.4 is 4.90 Å². The van der Waals surface area contributed by atoms with Gasteiger partial charge in [-0.3, -0.25) is 0 Å². The molecular formula is C47H31NO. The molecule has 0 saturated carbocycles. The normalized spacial score (nSPS) is 13.1. The maximum Gasteiger partial charge on any atom is 0.159 e. The van der Waals surface area contributed by atoms with Crippen LogP contribution in [0.15, 0.2) is 192 Å². The average Bonchev–Trinajstić information content (AvgIpc) is 3.71. The number of fused-ring (bicyclic) bond motifs is 8. The van der Waals surface area contributed by atoms with Gasteiger partial charge in [0.2, 0.25) is 0 Å². The van der Waals surface area contributed by atoms with Gasteiger partial charge in [0, 0.05) is 22.1 Å². The lowest BCUT2D eigenvalue weighted by atomic mass is 9.67. The molecule has 2 heteroatoms. The third kappa shape index (κ3) is 4.01. The fourth-order valence-electron chi connectivity index (χ4n) is 8.30. The predicted molar refractivity (Wildman–Crippen MR) is 203 cm³/mol. The van der Waals surface area contributed by atoms with E-state index in [4.69, 9.17) is 4.42 Å². The van der Waals surface area contributed by atoms with Crippen LogP contribution in [0.25, 0.3) is 43.8 Å². The Bertz CT molecular complexity index is 2620. The maximum atomic E-state index is 6.62. The molecule has 1 aliphatic rings. The van der Waals surface area contributed by atoms with Crippen LogP contribution in [0.2, 0.25) is 0 Å². The number of hydrogen-bond acceptors (Lipinski definition) is 2. The lowest BCUT2D eigenvalue weighted by Gasteiger charge is -2.34. The summed E-state index contributed by atoms with van der Waals surface area (Å²) in [7, 11) is 0. The van der Waals surface area contributed by atoms with Crippen molar-refractivity contribution in [3.63, 3.8) is 0 Å². The number of anilines is 3. The van der Waals surface area contributed by atoms with Gasteiger partial charge in [-0.05, 0) is 80.6 Å². The van der Waals surface area contributed by atoms with Crippen molar-refractivity contribution >= 4 is 49.8 Å². The van der Waals surface area contributed by atoms with Gasteiger partial charge in [-0.25, -0.2) is 0 Å². The number of hydrogen-bond donors (Lipinski definition) is 0. The van der Waals surface area contributed by atoms with E-state index in [1.165, 1.54) is 44.2 Å². The van der Waals surface area contributed by atoms with Crippen LogP contribution in [0.1, 0.15) is 22.3 Å². The highest BCUT2D eigenvalue weighted by molar-refractivity contribution is 6.11. The topological polar surface area (TPSA) is 16.4 Å². The summed E-state index contributed by atoms with van der Waals surface area (Å²) in [6, 6.07) is 68.0. The van der Waals surface area contributed by atoms with Crippen molar-refractivity contribution < 1.29 is 4.42 Å². The molecule has 0 fully saturated rings. The molecule has 0 saturated heterocycles. The Balaban J connectivity index is 1.30. The number of rotatable bonds is 5. The zero-order chi connectivity index (χ0) is 32.4. The zero-order valence-corrected chi connectivity index (χ0v) is 26.8. The van der Waals surface area contributed by atoms with E-state index in [0.717, 1.165) is 39.0 Å². The van der Waals surface area contributed by atoms with E-state index in [0.29, 0.717) is 0 Å². The number of para-hydroxylation sites is 3. The second kappa shape index (κ2) is 10.8. The van der Waals surface area contributed by atoms with E-state index in [-0.39, 0.29) is 0 Å². The fraction of sp³-hybridized carbons (Fsp3) is 0.0213. The largest absolute Gasteiger partial charge is 0.454 e. The molecular weight excluding hydrogens is 595 g/mol. The highest BCUT2D eigenvalue weighted by Gasteiger charge is 2.46. The molecule has 1 aromatic heterocycles. The van der Waals surface area contributed by atoms with Crippen LogP contribution in [-0.2, 0) is 5.41 Å². The molecule has 1 aliphatic carbocycles. The smallest absolute Gasteiger partial charge is 0.159 e. The highest BCUT2D eigenvalue weighted by atomic mass is 16.3. The summed E-state index contributed by atoms with van der Waals surface area (Å²) in [5, 5.41) is 4.73. The summed E-state index contributed by atoms with van der Waals surface area (Å²) >= 11 is 0. The van der Waals surface area contributed by atoms with Gasteiger partial charge in [0.05, 0.1) is 11.1 Å². The van der Waals surface area contributed by atoms with E-state index >= 15 is 0 Å². The van der Waals surface area contributed by atoms with Gasteiger partial charge < -0.3 is 9.32 Å². The van der Waals surface area contributed by atoms with Gasteiger partial charge in [-0.15, -0.1) is 0 Å². The van der Waals surface area contributed by atoms with Crippen LogP contribution in [0.3, 0.4) is 0 Å². The lowest BCUT2D eigenvalue weighted by Crippen LogP contribution is -2.28. The van der Waals surface area contributed by atoms with Gasteiger partial charge in [0.15, 0.2) is 5.58 Å². The summed E-state index contributed by atoms with van der Waals surface area (Å²) in [5.41, 5.74) is 12.1. The molecule has 2 nitrogen and oxygen atoms in total. The monoisotopic (exact) mass is 625 g/mol. The van der Waals surface area contributed by atoms with Crippen LogP contribution in [0, 0.1) is 0 Å². The predicted octanol–water partition coefficient (Wildman–Crippen LogP) is 12.6. The Morgan fingerprint density at radius 1 is 0.429 bits per heavy atom. The second-order valence-corrected chi connectivity index (χ2v) is 12.8. The Labute approximate surface area is 285 Å². The highest BCUT2D eigenvalue weighted by Crippen LogP contribution is 2.59. The molecule has 9 aromatic rings. The van der Waals surface area contributed by atoms with Crippen molar-refractivity contribution in [1.82, 2.24) is 0 Å². The lowest BCUT2D eigenvalue weighted by molar-refractivity contribution is 0.669. The SMILES string of the molecule is c1ccc(N(c2ccc3c(c2)-c2c(ccc4ccccc24)C3(c2ccccc2)c2ccccc2)c2cccc3c2oc2ccccc23)cc1. The summed E-state index contributed by atoms with van der Waals surface area (Å²) in [4.78, 5) is 2.35. The third-order valence-electron chi connectivity index (χ3n) is 10.3. The van der Waals surface area contributed by atoms with Gasteiger partial charge in [0.25, 0.3) is 0 Å². The molecule has 0 amide bonds. The van der Waals surface area contributed by atoms with Crippen molar-refractivity contribution in [2.24, 2.45) is 0 Å². The number of benzene rings is 8. The minimum atomic E-state index is -0.480. The average molecular weight is 626 g/mol. The van der Waals surface area contributed by atoms with Crippen LogP contribution >= 0.6 is 0 Å². The molecule has 0 unspecified atom stereocenters. The summed E-state index contributed by atoms with van der Waals surface area (Å²) in [5.74, 6) is 0. The van der Waals surface area contributed by atoms with Crippen LogP contribution in [-0.4, -0.2) is 0 Å². The Hall–Kier alpha value is -6.38. The standard InChI is InChI=1S/C47H31NO/c1-4-16-33(17-5-1)47(34-18-6-2-7-19-34)41-30-28-36(31-40(41)45-37-22-11-10-15-32(37)27-29-42(45)47)48(35-20-8-3-9-21-35)43-25-14-24-39-38-23-12-13-26-44(38)49-46(39)43/h1-31H. The first-order valence-electron chi connectivity index (χ1n) is 16.9. The molecule has 0 atom stereocenters. The minimum absolute atomic E-state index is 0.480. The van der Waals surface area contributed by atoms with Crippen molar-refractivity contribution in [3.05, 3.63) is 210 Å². The molecule has 1 heterocycles. The van der Waals surface area contributed by atoms with E-state index in [1.54, 1.807) is 0 Å². The van der Waals surface area contributed by atoms with Crippen LogP contribution in [0.5, 0.6) is 0 Å². The van der Waals surface area contributed by atoms with Gasteiger partial charge in [-0.2, -0.15) is 0 Å². The Morgan fingerprint density at radius 3 is 1.80 bits per heavy atom. The quantitative estimate of drug-likeness (QED) is 0.189. The number of nitrogens with zero attached hydrogens (tertiary/aromatic N) is 1. The molecule has 49 heavy (non-hydrogen) atoms. The Kier molecular flexibility index (Phi) is 6.13. The molecule has 10 rings (SSSR count). The van der Waals surface area contributed by atoms with E-state index in [9.17, 15) is 0 Å². The minimum Gasteiger partial charge on any atom is -0.454 e. The van der Waals surface area contributed by atoms with Gasteiger partial charge in [-0.1, -0.05) is 152 Å². The number of furan rings is 1. The van der Waals surface area contributed by atoms with Crippen LogP contribution in [0.4, 0.5) is 17.1 Å². The first-order valence-corrected chi connectivity index (χ1v) is 16.9. The summed E-state index contributed by atoms with van der Waals surface area (Å²) < 4.78 is 6.62. The molecule has 0 bridgehead atoms. The van der Waals surface area contributed by atoms with Crippen molar-refractivity contribution in [2.75, 3.05) is 4.90 Å². The van der Waals surface area contributed by atoms with E-state index < -0.39 is 5.41 Å². The van der Waals surface area contributed by atoms with E-state index in [1.807, 2.05) is 6.07 Å². The first-order chi connectivity index (χ1) is 24.3. The molecule has 230 valence electrons. The van der Waals surface area contributed by atoms with Crippen molar-refractivity contribution in [1.29, 1.82) is 0 Å². The van der Waals surface area contributed by atoms with Gasteiger partial charge >= 0.3 is 0 Å². The zero-order valence-electron chi connectivity index (χ0n) is 26.8. The molecule has 0 aliphatic heterocycles. The molecule has 0 N–H and O–H groups in total. The maximum absolute atomic E-state index is 6.62. The van der Waals surface area contributed by atoms with Gasteiger partial charge in [0.1, 0.15) is 5.58 Å².